The first-order chi connectivity index (χ1) is 7.25. The fraction of sp³-hybridized carbons (Fsp3) is 0.286. The van der Waals surface area contributed by atoms with Crippen molar-refractivity contribution in [3.63, 3.8) is 0 Å². The van der Waals surface area contributed by atoms with Gasteiger partial charge in [0.25, 0.3) is 0 Å². The van der Waals surface area contributed by atoms with E-state index in [9.17, 15) is 0 Å². The van der Waals surface area contributed by atoms with Crippen LogP contribution in [0.5, 0.6) is 0 Å². The Morgan fingerprint density at radius 3 is 3.07 bits per heavy atom. The van der Waals surface area contributed by atoms with Gasteiger partial charge in [0, 0.05) is 16.6 Å². The van der Waals surface area contributed by atoms with Crippen LogP contribution in [0.25, 0.3) is 17.0 Å². The fourth-order valence-corrected chi connectivity index (χ4v) is 2.52. The molecule has 0 bridgehead atoms. The molecule has 1 unspecified atom stereocenters. The molecular weight excluding hydrogens is 182 g/mol. The lowest BCUT2D eigenvalue weighted by Gasteiger charge is -2.18. The molecule has 0 saturated carbocycles. The predicted octanol–water partition coefficient (Wildman–Crippen LogP) is 4.00. The minimum Gasteiger partial charge on any atom is -0.359 e. The number of fused-ring (bicyclic) bond motifs is 3. The van der Waals surface area contributed by atoms with Crippen molar-refractivity contribution in [2.45, 2.75) is 26.2 Å². The predicted molar refractivity (Wildman–Crippen MR) is 65.1 cm³/mol. The maximum atomic E-state index is 3.39. The summed E-state index contributed by atoms with van der Waals surface area (Å²) in [4.78, 5) is 3.39. The molecule has 1 N–H and O–H groups in total. The number of hydrogen-bond donors (Lipinski definition) is 1. The number of H-pyrrole nitrogens is 1. The van der Waals surface area contributed by atoms with Gasteiger partial charge in [0.2, 0.25) is 0 Å². The fourth-order valence-electron chi connectivity index (χ4n) is 2.52. The molecule has 0 amide bonds. The van der Waals surface area contributed by atoms with Crippen LogP contribution < -0.4 is 0 Å². The highest BCUT2D eigenvalue weighted by Gasteiger charge is 2.15. The zero-order chi connectivity index (χ0) is 10.4. The van der Waals surface area contributed by atoms with Crippen molar-refractivity contribution in [3.8, 4) is 0 Å². The molecule has 1 heteroatoms. The minimum atomic E-state index is 0.657. The topological polar surface area (TPSA) is 15.8 Å². The Labute approximate surface area is 89.8 Å². The van der Waals surface area contributed by atoms with Gasteiger partial charge in [-0.3, -0.25) is 0 Å². The van der Waals surface area contributed by atoms with E-state index in [0.29, 0.717) is 5.92 Å². The number of aromatic nitrogens is 1. The van der Waals surface area contributed by atoms with Crippen LogP contribution >= 0.6 is 0 Å². The molecule has 2 aromatic rings. The highest BCUT2D eigenvalue weighted by atomic mass is 14.7. The molecule has 0 radical (unpaired) electrons. The van der Waals surface area contributed by atoms with Gasteiger partial charge in [0.15, 0.2) is 0 Å². The summed E-state index contributed by atoms with van der Waals surface area (Å²) in [6, 6.07) is 6.72. The molecule has 1 heterocycles. The normalized spacial score (nSPS) is 19.5. The van der Waals surface area contributed by atoms with E-state index in [0.717, 1.165) is 0 Å². The zero-order valence-electron chi connectivity index (χ0n) is 9.17. The first-order valence-corrected chi connectivity index (χ1v) is 5.54. The van der Waals surface area contributed by atoms with Gasteiger partial charge < -0.3 is 4.98 Å². The third-order valence-corrected chi connectivity index (χ3v) is 3.32. The second-order valence-corrected chi connectivity index (χ2v) is 4.52. The summed E-state index contributed by atoms with van der Waals surface area (Å²) >= 11 is 0. The quantitative estimate of drug-likeness (QED) is 0.657. The molecule has 0 saturated heterocycles. The molecule has 3 rings (SSSR count). The van der Waals surface area contributed by atoms with Crippen LogP contribution in [0.15, 0.2) is 24.3 Å². The third kappa shape index (κ3) is 1.23. The second-order valence-electron chi connectivity index (χ2n) is 4.52. The summed E-state index contributed by atoms with van der Waals surface area (Å²) in [6.07, 6.45) is 5.72. The van der Waals surface area contributed by atoms with Crippen molar-refractivity contribution in [1.82, 2.24) is 4.98 Å². The molecule has 1 aromatic heterocycles. The average Bonchev–Trinajstić information content (AvgIpc) is 2.59. The lowest BCUT2D eigenvalue weighted by atomic mass is 9.87. The number of allylic oxidation sites excluding steroid dienone is 1. The molecule has 1 aromatic carbocycles. The lowest BCUT2D eigenvalue weighted by molar-refractivity contribution is 0.773. The Kier molecular flexibility index (Phi) is 1.75. The van der Waals surface area contributed by atoms with Crippen molar-refractivity contribution < 1.29 is 0 Å². The van der Waals surface area contributed by atoms with Gasteiger partial charge in [-0.25, -0.2) is 0 Å². The number of rotatable bonds is 0. The first-order valence-electron chi connectivity index (χ1n) is 5.54. The summed E-state index contributed by atoms with van der Waals surface area (Å²) in [7, 11) is 0. The zero-order valence-corrected chi connectivity index (χ0v) is 9.17. The molecule has 15 heavy (non-hydrogen) atoms. The van der Waals surface area contributed by atoms with Crippen LogP contribution in [0.1, 0.15) is 36.1 Å². The molecule has 1 nitrogen and oxygen atoms in total. The summed E-state index contributed by atoms with van der Waals surface area (Å²) in [5, 5.41) is 1.37. The lowest BCUT2D eigenvalue weighted by Crippen LogP contribution is -1.99. The number of aryl methyl sites for hydroxylation is 1. The van der Waals surface area contributed by atoms with E-state index in [2.05, 4.69) is 49.2 Å². The summed E-state index contributed by atoms with van der Waals surface area (Å²) in [5.41, 5.74) is 5.40. The Bertz CT molecular complexity index is 546. The van der Waals surface area contributed by atoms with E-state index in [1.54, 1.807) is 0 Å². The standard InChI is InChI=1S/C14H15N/c1-9-4-3-5-12-11(9)6-7-14-13(12)8-10(2)15-14/h3,5-9,15H,4H2,1-2H3. The summed E-state index contributed by atoms with van der Waals surface area (Å²) in [6.45, 7) is 4.41. The van der Waals surface area contributed by atoms with Gasteiger partial charge in [-0.15, -0.1) is 0 Å². The van der Waals surface area contributed by atoms with Crippen LogP contribution in [0.3, 0.4) is 0 Å². The number of benzene rings is 1. The minimum absolute atomic E-state index is 0.657. The second kappa shape index (κ2) is 2.99. The Hall–Kier alpha value is -1.50. The van der Waals surface area contributed by atoms with E-state index < -0.39 is 0 Å². The molecule has 1 aliphatic rings. The van der Waals surface area contributed by atoms with Gasteiger partial charge >= 0.3 is 0 Å². The van der Waals surface area contributed by atoms with Crippen molar-refractivity contribution in [3.05, 3.63) is 41.1 Å². The van der Waals surface area contributed by atoms with Crippen molar-refractivity contribution in [1.29, 1.82) is 0 Å². The van der Waals surface area contributed by atoms with Crippen LogP contribution in [-0.2, 0) is 0 Å². The van der Waals surface area contributed by atoms with Gasteiger partial charge in [-0.1, -0.05) is 25.1 Å². The molecule has 1 atom stereocenters. The third-order valence-electron chi connectivity index (χ3n) is 3.32. The Morgan fingerprint density at radius 2 is 2.20 bits per heavy atom. The molecule has 1 aliphatic carbocycles. The van der Waals surface area contributed by atoms with E-state index in [4.69, 9.17) is 0 Å². The largest absolute Gasteiger partial charge is 0.359 e. The average molecular weight is 197 g/mol. The molecular formula is C14H15N. The Morgan fingerprint density at radius 1 is 1.33 bits per heavy atom. The summed E-state index contributed by atoms with van der Waals surface area (Å²) < 4.78 is 0. The highest BCUT2D eigenvalue weighted by Crippen LogP contribution is 2.34. The van der Waals surface area contributed by atoms with Crippen LogP contribution in [-0.4, -0.2) is 4.98 Å². The van der Waals surface area contributed by atoms with Crippen LogP contribution in [0.2, 0.25) is 0 Å². The molecule has 0 fully saturated rings. The molecule has 76 valence electrons. The van der Waals surface area contributed by atoms with Crippen molar-refractivity contribution >= 4 is 17.0 Å². The smallest absolute Gasteiger partial charge is 0.0462 e. The van der Waals surface area contributed by atoms with Crippen LogP contribution in [0.4, 0.5) is 0 Å². The van der Waals surface area contributed by atoms with Crippen LogP contribution in [0, 0.1) is 6.92 Å². The maximum Gasteiger partial charge on any atom is 0.0462 e. The van der Waals surface area contributed by atoms with Gasteiger partial charge in [-0.2, -0.15) is 0 Å². The van der Waals surface area contributed by atoms with Gasteiger partial charge in [-0.05, 0) is 42.5 Å². The SMILES string of the molecule is Cc1cc2c3c(ccc2[nH]1)C(C)CC=C3. The first kappa shape index (κ1) is 8.78. The monoisotopic (exact) mass is 197 g/mol. The van der Waals surface area contributed by atoms with E-state index in [1.807, 2.05) is 0 Å². The number of aromatic amines is 1. The number of hydrogen-bond acceptors (Lipinski definition) is 0. The van der Waals surface area contributed by atoms with Crippen molar-refractivity contribution in [2.24, 2.45) is 0 Å². The maximum absolute atomic E-state index is 3.39. The van der Waals surface area contributed by atoms with E-state index in [-0.39, 0.29) is 0 Å². The van der Waals surface area contributed by atoms with Gasteiger partial charge in [0.05, 0.1) is 0 Å². The van der Waals surface area contributed by atoms with Gasteiger partial charge in [0.1, 0.15) is 0 Å². The van der Waals surface area contributed by atoms with Crippen molar-refractivity contribution in [2.75, 3.05) is 0 Å². The summed E-state index contributed by atoms with van der Waals surface area (Å²) in [5.74, 6) is 0.657. The van der Waals surface area contributed by atoms with E-state index in [1.165, 1.54) is 34.1 Å². The molecule has 0 aliphatic heterocycles. The van der Waals surface area contributed by atoms with E-state index >= 15 is 0 Å². The molecule has 0 spiro atoms. The highest BCUT2D eigenvalue weighted by molar-refractivity contribution is 5.91. The number of nitrogens with one attached hydrogen (secondary N) is 1. The Balaban J connectivity index is 2.38.